The number of sulfonamides is 1. The zero-order valence-electron chi connectivity index (χ0n) is 11.0. The van der Waals surface area contributed by atoms with Gasteiger partial charge in [0.25, 0.3) is 0 Å². The normalized spacial score (nSPS) is 13.6. The Hall–Kier alpha value is -0.440. The molecule has 2 N–H and O–H groups in total. The van der Waals surface area contributed by atoms with Crippen molar-refractivity contribution >= 4 is 44.3 Å². The fourth-order valence-corrected chi connectivity index (χ4v) is 5.59. The van der Waals surface area contributed by atoms with Crippen LogP contribution >= 0.6 is 34.3 Å². The Labute approximate surface area is 131 Å². The van der Waals surface area contributed by atoms with E-state index in [0.29, 0.717) is 15.8 Å². The number of halogens is 1. The highest BCUT2D eigenvalue weighted by atomic mass is 35.5. The van der Waals surface area contributed by atoms with Gasteiger partial charge in [0.15, 0.2) is 0 Å². The van der Waals surface area contributed by atoms with Gasteiger partial charge in [-0.15, -0.1) is 22.7 Å². The van der Waals surface area contributed by atoms with Gasteiger partial charge in [-0.05, 0) is 37.6 Å². The SMILES string of the molecule is CNCc1sccc1S(=O)(=O)NC(C)c1ccc(Cl)s1. The largest absolute Gasteiger partial charge is 0.315 e. The van der Waals surface area contributed by atoms with Crippen molar-refractivity contribution in [1.29, 1.82) is 0 Å². The summed E-state index contributed by atoms with van der Waals surface area (Å²) < 4.78 is 28.2. The van der Waals surface area contributed by atoms with Crippen molar-refractivity contribution in [2.45, 2.75) is 24.4 Å². The van der Waals surface area contributed by atoms with E-state index in [1.54, 1.807) is 24.6 Å². The average Bonchev–Trinajstić information content (AvgIpc) is 2.98. The molecule has 0 aromatic carbocycles. The van der Waals surface area contributed by atoms with Crippen LogP contribution in [0.5, 0.6) is 0 Å². The van der Waals surface area contributed by atoms with Crippen molar-refractivity contribution in [3.8, 4) is 0 Å². The van der Waals surface area contributed by atoms with Gasteiger partial charge >= 0.3 is 0 Å². The molecule has 2 aromatic rings. The number of nitrogens with one attached hydrogen (secondary N) is 2. The van der Waals surface area contributed by atoms with Crippen molar-refractivity contribution in [3.05, 3.63) is 37.7 Å². The second kappa shape index (κ2) is 6.55. The van der Waals surface area contributed by atoms with Crippen LogP contribution in [0.15, 0.2) is 28.5 Å². The molecule has 0 fully saturated rings. The van der Waals surface area contributed by atoms with Gasteiger partial charge in [-0.3, -0.25) is 0 Å². The molecule has 0 bridgehead atoms. The zero-order valence-corrected chi connectivity index (χ0v) is 14.2. The second-order valence-electron chi connectivity index (χ2n) is 4.22. The molecular formula is C12H15ClN2O2S3. The Morgan fingerprint density at radius 3 is 2.70 bits per heavy atom. The van der Waals surface area contributed by atoms with Gasteiger partial charge in [-0.25, -0.2) is 13.1 Å². The van der Waals surface area contributed by atoms with Crippen LogP contribution in [0.1, 0.15) is 22.7 Å². The van der Waals surface area contributed by atoms with Crippen LogP contribution in [-0.2, 0) is 16.6 Å². The number of rotatable bonds is 6. The molecule has 0 saturated heterocycles. The first-order valence-electron chi connectivity index (χ1n) is 5.92. The number of hydrogen-bond acceptors (Lipinski definition) is 5. The fraction of sp³-hybridized carbons (Fsp3) is 0.333. The lowest BCUT2D eigenvalue weighted by Crippen LogP contribution is -2.27. The van der Waals surface area contributed by atoms with Gasteiger partial charge < -0.3 is 5.32 Å². The quantitative estimate of drug-likeness (QED) is 0.841. The molecule has 0 aliphatic rings. The van der Waals surface area contributed by atoms with Gasteiger partial charge in [0.1, 0.15) is 0 Å². The monoisotopic (exact) mass is 350 g/mol. The lowest BCUT2D eigenvalue weighted by Gasteiger charge is -2.13. The summed E-state index contributed by atoms with van der Waals surface area (Å²) in [5, 5.41) is 4.76. The van der Waals surface area contributed by atoms with E-state index in [1.807, 2.05) is 13.0 Å². The smallest absolute Gasteiger partial charge is 0.242 e. The molecule has 0 saturated carbocycles. The van der Waals surface area contributed by atoms with E-state index in [4.69, 9.17) is 11.6 Å². The standard InChI is InChI=1S/C12H15ClN2O2S3/c1-8(9-3-4-12(13)19-9)15-20(16,17)11-5-6-18-10(11)7-14-2/h3-6,8,14-15H,7H2,1-2H3. The first-order chi connectivity index (χ1) is 9.44. The molecular weight excluding hydrogens is 336 g/mol. The molecule has 0 aliphatic heterocycles. The topological polar surface area (TPSA) is 58.2 Å². The highest BCUT2D eigenvalue weighted by Gasteiger charge is 2.22. The molecule has 2 aromatic heterocycles. The maximum atomic E-state index is 12.4. The maximum Gasteiger partial charge on any atom is 0.242 e. The molecule has 8 heteroatoms. The van der Waals surface area contributed by atoms with Crippen molar-refractivity contribution in [2.75, 3.05) is 7.05 Å². The van der Waals surface area contributed by atoms with Gasteiger partial charge in [-0.1, -0.05) is 11.6 Å². The molecule has 4 nitrogen and oxygen atoms in total. The van der Waals surface area contributed by atoms with Crippen molar-refractivity contribution in [2.24, 2.45) is 0 Å². The van der Waals surface area contributed by atoms with Crippen LogP contribution in [0.3, 0.4) is 0 Å². The molecule has 1 unspecified atom stereocenters. The number of hydrogen-bond donors (Lipinski definition) is 2. The third-order valence-corrected chi connectivity index (χ3v) is 6.77. The van der Waals surface area contributed by atoms with Crippen molar-refractivity contribution < 1.29 is 8.42 Å². The predicted molar refractivity (Wildman–Crippen MR) is 85.1 cm³/mol. The summed E-state index contributed by atoms with van der Waals surface area (Å²) in [6.45, 7) is 2.34. The zero-order chi connectivity index (χ0) is 14.8. The lowest BCUT2D eigenvalue weighted by atomic mass is 10.3. The minimum absolute atomic E-state index is 0.306. The van der Waals surface area contributed by atoms with E-state index in [-0.39, 0.29) is 6.04 Å². The third kappa shape index (κ3) is 3.60. The Bertz CT molecular complexity index is 678. The van der Waals surface area contributed by atoms with Crippen LogP contribution in [0.25, 0.3) is 0 Å². The summed E-state index contributed by atoms with van der Waals surface area (Å²) in [5.74, 6) is 0. The van der Waals surface area contributed by atoms with Gasteiger partial charge in [0.05, 0.1) is 15.3 Å². The van der Waals surface area contributed by atoms with Crippen LogP contribution in [0, 0.1) is 0 Å². The summed E-state index contributed by atoms with van der Waals surface area (Å²) >= 11 is 8.68. The van der Waals surface area contributed by atoms with E-state index in [9.17, 15) is 8.42 Å². The van der Waals surface area contributed by atoms with E-state index < -0.39 is 10.0 Å². The molecule has 0 amide bonds. The fourth-order valence-electron chi connectivity index (χ4n) is 1.77. The van der Waals surface area contributed by atoms with Gasteiger partial charge in [-0.2, -0.15) is 0 Å². The van der Waals surface area contributed by atoms with E-state index in [0.717, 1.165) is 9.75 Å². The summed E-state index contributed by atoms with van der Waals surface area (Å²) in [6, 6.07) is 4.93. The van der Waals surface area contributed by atoms with E-state index in [1.165, 1.54) is 22.7 Å². The molecule has 1 atom stereocenters. The van der Waals surface area contributed by atoms with E-state index in [2.05, 4.69) is 10.0 Å². The van der Waals surface area contributed by atoms with E-state index >= 15 is 0 Å². The van der Waals surface area contributed by atoms with Crippen molar-refractivity contribution in [1.82, 2.24) is 10.0 Å². The molecule has 110 valence electrons. The first-order valence-corrected chi connectivity index (χ1v) is 9.48. The molecule has 20 heavy (non-hydrogen) atoms. The molecule has 0 radical (unpaired) electrons. The van der Waals surface area contributed by atoms with Crippen molar-refractivity contribution in [3.63, 3.8) is 0 Å². The van der Waals surface area contributed by atoms with Gasteiger partial charge in [0, 0.05) is 16.3 Å². The Morgan fingerprint density at radius 1 is 1.35 bits per heavy atom. The molecule has 2 rings (SSSR count). The summed E-state index contributed by atoms with van der Waals surface area (Å²) in [7, 11) is -1.73. The van der Waals surface area contributed by atoms with Crippen LogP contribution in [0.4, 0.5) is 0 Å². The minimum atomic E-state index is -3.52. The average molecular weight is 351 g/mol. The Kier molecular flexibility index (Phi) is 5.22. The maximum absolute atomic E-state index is 12.4. The highest BCUT2D eigenvalue weighted by molar-refractivity contribution is 7.89. The molecule has 0 spiro atoms. The second-order valence-corrected chi connectivity index (χ2v) is 8.65. The van der Waals surface area contributed by atoms with Crippen LogP contribution in [-0.4, -0.2) is 15.5 Å². The highest BCUT2D eigenvalue weighted by Crippen LogP contribution is 2.29. The summed E-state index contributed by atoms with van der Waals surface area (Å²) in [5.41, 5.74) is 0. The third-order valence-electron chi connectivity index (χ3n) is 2.68. The molecule has 0 aliphatic carbocycles. The predicted octanol–water partition coefficient (Wildman–Crippen LogP) is 3.22. The van der Waals surface area contributed by atoms with Gasteiger partial charge in [0.2, 0.25) is 10.0 Å². The number of thiophene rings is 2. The summed E-state index contributed by atoms with van der Waals surface area (Å²) in [4.78, 5) is 2.03. The minimum Gasteiger partial charge on any atom is -0.315 e. The first kappa shape index (κ1) is 15.9. The molecule has 2 heterocycles. The van der Waals surface area contributed by atoms with Crippen LogP contribution < -0.4 is 10.0 Å². The van der Waals surface area contributed by atoms with Crippen LogP contribution in [0.2, 0.25) is 4.34 Å². The summed E-state index contributed by atoms with van der Waals surface area (Å²) in [6.07, 6.45) is 0. The Morgan fingerprint density at radius 2 is 2.10 bits per heavy atom. The lowest BCUT2D eigenvalue weighted by molar-refractivity contribution is 0.567. The Balaban J connectivity index is 2.20.